The largest absolute Gasteiger partial charge is 0.316 e. The molecule has 0 saturated heterocycles. The van der Waals surface area contributed by atoms with E-state index in [9.17, 15) is 9.59 Å². The van der Waals surface area contributed by atoms with Gasteiger partial charge in [0.05, 0.1) is 17.6 Å². The molecular formula is C20H20N6O2. The Balaban J connectivity index is 1.77. The molecule has 0 bridgehead atoms. The van der Waals surface area contributed by atoms with Crippen molar-refractivity contribution in [2.75, 3.05) is 5.32 Å². The highest BCUT2D eigenvalue weighted by atomic mass is 16.2. The molecule has 28 heavy (non-hydrogen) atoms. The number of hydrogen-bond acceptors (Lipinski definition) is 4. The van der Waals surface area contributed by atoms with E-state index in [4.69, 9.17) is 0 Å². The molecule has 0 aliphatic carbocycles. The Bertz CT molecular complexity index is 1260. The summed E-state index contributed by atoms with van der Waals surface area (Å²) in [6.07, 6.45) is 1.47. The first kappa shape index (κ1) is 17.7. The summed E-state index contributed by atoms with van der Waals surface area (Å²) in [4.78, 5) is 30.3. The second kappa shape index (κ2) is 6.49. The lowest BCUT2D eigenvalue weighted by atomic mass is 10.2. The van der Waals surface area contributed by atoms with Gasteiger partial charge in [-0.2, -0.15) is 5.10 Å². The van der Waals surface area contributed by atoms with Gasteiger partial charge in [-0.3, -0.25) is 14.3 Å². The van der Waals surface area contributed by atoms with E-state index >= 15 is 0 Å². The fourth-order valence-corrected chi connectivity index (χ4v) is 3.32. The summed E-state index contributed by atoms with van der Waals surface area (Å²) >= 11 is 0. The summed E-state index contributed by atoms with van der Waals surface area (Å²) in [5.74, 6) is -0.418. The average molecular weight is 376 g/mol. The van der Waals surface area contributed by atoms with Crippen molar-refractivity contribution < 1.29 is 4.79 Å². The minimum atomic E-state index is -0.418. The van der Waals surface area contributed by atoms with Crippen molar-refractivity contribution >= 4 is 17.2 Å². The number of anilines is 1. The number of amides is 1. The highest BCUT2D eigenvalue weighted by Gasteiger charge is 2.21. The van der Waals surface area contributed by atoms with Crippen LogP contribution >= 0.6 is 0 Å². The normalized spacial score (nSPS) is 11.1. The summed E-state index contributed by atoms with van der Waals surface area (Å²) in [6.45, 7) is 5.55. The van der Waals surface area contributed by atoms with Crippen LogP contribution in [0.2, 0.25) is 0 Å². The molecule has 0 aliphatic rings. The van der Waals surface area contributed by atoms with Crippen LogP contribution in [0.3, 0.4) is 0 Å². The quantitative estimate of drug-likeness (QED) is 0.595. The standard InChI is InChI=1S/C20H20N6O2/c1-12-10-13(2)25-18(22-12)16(11-21-25)19(27)23-17-14(3)24(4)26(20(17)28)15-8-6-5-7-9-15/h5-11H,1-4H3,(H,23,27). The number of fused-ring (bicyclic) bond motifs is 1. The lowest BCUT2D eigenvalue weighted by Gasteiger charge is -2.07. The third-order valence-corrected chi connectivity index (χ3v) is 4.82. The topological polar surface area (TPSA) is 86.2 Å². The zero-order valence-corrected chi connectivity index (χ0v) is 16.1. The van der Waals surface area contributed by atoms with Crippen LogP contribution in [0.1, 0.15) is 27.4 Å². The molecule has 1 aromatic carbocycles. The number of aromatic nitrogens is 5. The van der Waals surface area contributed by atoms with Gasteiger partial charge in [-0.05, 0) is 39.0 Å². The summed E-state index contributed by atoms with van der Waals surface area (Å²) in [7, 11) is 1.78. The number of para-hydroxylation sites is 1. The van der Waals surface area contributed by atoms with E-state index in [1.54, 1.807) is 23.2 Å². The second-order valence-corrected chi connectivity index (χ2v) is 6.72. The lowest BCUT2D eigenvalue weighted by Crippen LogP contribution is -2.23. The molecule has 4 rings (SSSR count). The van der Waals surface area contributed by atoms with Crippen LogP contribution in [0, 0.1) is 20.8 Å². The van der Waals surface area contributed by atoms with Crippen molar-refractivity contribution in [2.45, 2.75) is 20.8 Å². The fraction of sp³-hybridized carbons (Fsp3) is 0.200. The van der Waals surface area contributed by atoms with E-state index in [-0.39, 0.29) is 11.2 Å². The van der Waals surface area contributed by atoms with Crippen LogP contribution in [0.5, 0.6) is 0 Å². The maximum atomic E-state index is 13.0. The van der Waals surface area contributed by atoms with Gasteiger partial charge in [-0.1, -0.05) is 18.2 Å². The first-order chi connectivity index (χ1) is 13.4. The first-order valence-corrected chi connectivity index (χ1v) is 8.86. The van der Waals surface area contributed by atoms with Crippen molar-refractivity contribution in [3.63, 3.8) is 0 Å². The third kappa shape index (κ3) is 2.70. The van der Waals surface area contributed by atoms with Crippen molar-refractivity contribution in [3.05, 3.63) is 75.6 Å². The molecule has 3 aromatic heterocycles. The van der Waals surface area contributed by atoms with Gasteiger partial charge in [0.25, 0.3) is 11.5 Å². The van der Waals surface area contributed by atoms with Crippen LogP contribution in [-0.4, -0.2) is 29.9 Å². The fourth-order valence-electron chi connectivity index (χ4n) is 3.32. The predicted octanol–water partition coefficient (Wildman–Crippen LogP) is 2.40. The molecule has 1 N–H and O–H groups in total. The van der Waals surface area contributed by atoms with Crippen LogP contribution in [0.15, 0.2) is 47.4 Å². The summed E-state index contributed by atoms with van der Waals surface area (Å²) in [6, 6.07) is 11.2. The number of aryl methyl sites for hydroxylation is 2. The molecule has 0 aliphatic heterocycles. The highest BCUT2D eigenvalue weighted by molar-refractivity contribution is 6.08. The zero-order valence-electron chi connectivity index (χ0n) is 16.1. The van der Waals surface area contributed by atoms with E-state index in [0.29, 0.717) is 16.9 Å². The lowest BCUT2D eigenvalue weighted by molar-refractivity contribution is 0.102. The smallest absolute Gasteiger partial charge is 0.295 e. The molecule has 1 amide bonds. The number of nitrogens with zero attached hydrogens (tertiary/aromatic N) is 5. The van der Waals surface area contributed by atoms with Crippen LogP contribution in [0.25, 0.3) is 11.3 Å². The van der Waals surface area contributed by atoms with E-state index < -0.39 is 5.91 Å². The van der Waals surface area contributed by atoms with Gasteiger partial charge in [-0.25, -0.2) is 14.2 Å². The SMILES string of the molecule is Cc1cc(C)n2ncc(C(=O)Nc3c(C)n(C)n(-c4ccccc4)c3=O)c2n1. The van der Waals surface area contributed by atoms with Gasteiger partial charge >= 0.3 is 0 Å². The van der Waals surface area contributed by atoms with Gasteiger partial charge < -0.3 is 5.32 Å². The molecule has 142 valence electrons. The highest BCUT2D eigenvalue weighted by Crippen LogP contribution is 2.17. The van der Waals surface area contributed by atoms with Crippen molar-refractivity contribution in [3.8, 4) is 5.69 Å². The van der Waals surface area contributed by atoms with Gasteiger partial charge in [0.1, 0.15) is 11.3 Å². The number of carbonyl (C=O) groups is 1. The third-order valence-electron chi connectivity index (χ3n) is 4.82. The molecule has 8 heteroatoms. The van der Waals surface area contributed by atoms with E-state index in [2.05, 4.69) is 15.4 Å². The number of hydrogen-bond donors (Lipinski definition) is 1. The van der Waals surface area contributed by atoms with E-state index in [0.717, 1.165) is 17.1 Å². The van der Waals surface area contributed by atoms with Crippen LogP contribution in [0.4, 0.5) is 5.69 Å². The Hall–Kier alpha value is -3.68. The summed E-state index contributed by atoms with van der Waals surface area (Å²) in [5.41, 5.74) is 3.77. The molecule has 0 atom stereocenters. The maximum Gasteiger partial charge on any atom is 0.295 e. The number of carbonyl (C=O) groups excluding carboxylic acids is 1. The molecule has 8 nitrogen and oxygen atoms in total. The minimum Gasteiger partial charge on any atom is -0.316 e. The molecule has 0 unspecified atom stereocenters. The molecule has 0 spiro atoms. The van der Waals surface area contributed by atoms with Crippen LogP contribution in [-0.2, 0) is 7.05 Å². The first-order valence-electron chi connectivity index (χ1n) is 8.86. The predicted molar refractivity (Wildman–Crippen MR) is 106 cm³/mol. The Labute approximate surface area is 161 Å². The molecule has 0 fully saturated rings. The monoisotopic (exact) mass is 376 g/mol. The average Bonchev–Trinajstić information content (AvgIpc) is 3.18. The van der Waals surface area contributed by atoms with E-state index in [1.165, 1.54) is 10.9 Å². The Morgan fingerprint density at radius 2 is 1.82 bits per heavy atom. The molecule has 3 heterocycles. The zero-order chi connectivity index (χ0) is 20.0. The van der Waals surface area contributed by atoms with E-state index in [1.807, 2.05) is 50.2 Å². The molecule has 4 aromatic rings. The summed E-state index contributed by atoms with van der Waals surface area (Å²) in [5, 5.41) is 7.00. The van der Waals surface area contributed by atoms with Crippen LogP contribution < -0.4 is 10.9 Å². The number of rotatable bonds is 3. The number of nitrogens with one attached hydrogen (secondary N) is 1. The molecule has 0 saturated carbocycles. The summed E-state index contributed by atoms with van der Waals surface area (Å²) < 4.78 is 4.85. The van der Waals surface area contributed by atoms with Crippen molar-refractivity contribution in [1.29, 1.82) is 0 Å². The van der Waals surface area contributed by atoms with Gasteiger partial charge in [-0.15, -0.1) is 0 Å². The van der Waals surface area contributed by atoms with Crippen molar-refractivity contribution in [1.82, 2.24) is 24.0 Å². The maximum absolute atomic E-state index is 13.0. The Morgan fingerprint density at radius 1 is 1.11 bits per heavy atom. The molecular weight excluding hydrogens is 356 g/mol. The van der Waals surface area contributed by atoms with Gasteiger partial charge in [0.2, 0.25) is 0 Å². The Kier molecular flexibility index (Phi) is 4.11. The second-order valence-electron chi connectivity index (χ2n) is 6.72. The van der Waals surface area contributed by atoms with Gasteiger partial charge in [0.15, 0.2) is 5.65 Å². The number of benzene rings is 1. The Morgan fingerprint density at radius 3 is 2.54 bits per heavy atom. The van der Waals surface area contributed by atoms with Crippen molar-refractivity contribution in [2.24, 2.45) is 7.05 Å². The minimum absolute atomic E-state index is 0.236. The van der Waals surface area contributed by atoms with Gasteiger partial charge in [0, 0.05) is 18.4 Å². The molecule has 0 radical (unpaired) electrons.